The number of ether oxygens (including phenoxy) is 3. The summed E-state index contributed by atoms with van der Waals surface area (Å²) in [5, 5.41) is 11.4. The summed E-state index contributed by atoms with van der Waals surface area (Å²) in [4.78, 5) is 35.8. The van der Waals surface area contributed by atoms with Crippen molar-refractivity contribution in [1.29, 1.82) is 0 Å². The van der Waals surface area contributed by atoms with Gasteiger partial charge in [0.25, 0.3) is 5.69 Å². The standard InChI is InChI=1S/C23H18FNO7/c1-3-31-21-12-18(19(25(28)29)13-20(21)30-2)23(27)32-17-10-6-15(7-11-17)22(26)14-4-8-16(24)9-5-14/h4-13H,3H2,1-2H3. The van der Waals surface area contributed by atoms with E-state index in [9.17, 15) is 24.1 Å². The van der Waals surface area contributed by atoms with Crippen LogP contribution in [0.1, 0.15) is 33.2 Å². The Hall–Kier alpha value is -4.27. The van der Waals surface area contributed by atoms with Crippen LogP contribution in [0.3, 0.4) is 0 Å². The quantitative estimate of drug-likeness (QED) is 0.166. The summed E-state index contributed by atoms with van der Waals surface area (Å²) in [5.74, 6) is -1.42. The third-order valence-electron chi connectivity index (χ3n) is 4.43. The third-order valence-corrected chi connectivity index (χ3v) is 4.43. The van der Waals surface area contributed by atoms with Gasteiger partial charge in [-0.1, -0.05) is 0 Å². The van der Waals surface area contributed by atoms with Gasteiger partial charge in [-0.15, -0.1) is 0 Å². The Labute approximate surface area is 182 Å². The van der Waals surface area contributed by atoms with Crippen molar-refractivity contribution >= 4 is 17.4 Å². The van der Waals surface area contributed by atoms with Crippen LogP contribution in [-0.4, -0.2) is 30.4 Å². The number of halogens is 1. The fraction of sp³-hybridized carbons (Fsp3) is 0.130. The van der Waals surface area contributed by atoms with Crippen LogP contribution in [0.4, 0.5) is 10.1 Å². The van der Waals surface area contributed by atoms with Gasteiger partial charge in [0.2, 0.25) is 0 Å². The molecule has 0 amide bonds. The smallest absolute Gasteiger partial charge is 0.350 e. The van der Waals surface area contributed by atoms with E-state index in [1.165, 1.54) is 61.7 Å². The second-order valence-corrected chi connectivity index (χ2v) is 6.46. The lowest BCUT2D eigenvalue weighted by Gasteiger charge is -2.12. The van der Waals surface area contributed by atoms with Crippen molar-refractivity contribution in [3.8, 4) is 17.2 Å². The summed E-state index contributed by atoms with van der Waals surface area (Å²) in [6.45, 7) is 1.97. The molecule has 0 radical (unpaired) electrons. The molecule has 0 aliphatic carbocycles. The highest BCUT2D eigenvalue weighted by molar-refractivity contribution is 6.09. The molecule has 0 saturated carbocycles. The number of hydrogen-bond donors (Lipinski definition) is 0. The van der Waals surface area contributed by atoms with E-state index >= 15 is 0 Å². The number of nitro groups is 1. The van der Waals surface area contributed by atoms with Crippen LogP contribution in [0.2, 0.25) is 0 Å². The van der Waals surface area contributed by atoms with Gasteiger partial charge >= 0.3 is 5.97 Å². The molecule has 164 valence electrons. The molecule has 0 aromatic heterocycles. The van der Waals surface area contributed by atoms with E-state index in [2.05, 4.69) is 0 Å². The highest BCUT2D eigenvalue weighted by Gasteiger charge is 2.26. The minimum absolute atomic E-state index is 0.0775. The Morgan fingerprint density at radius 3 is 2.09 bits per heavy atom. The van der Waals surface area contributed by atoms with Gasteiger partial charge in [-0.25, -0.2) is 9.18 Å². The molecule has 0 heterocycles. The summed E-state index contributed by atoms with van der Waals surface area (Å²) in [6, 6.07) is 13.0. The average Bonchev–Trinajstić information content (AvgIpc) is 2.79. The monoisotopic (exact) mass is 439 g/mol. The molecular weight excluding hydrogens is 421 g/mol. The molecule has 0 aliphatic heterocycles. The van der Waals surface area contributed by atoms with Gasteiger partial charge in [-0.2, -0.15) is 0 Å². The van der Waals surface area contributed by atoms with Gasteiger partial charge in [-0.05, 0) is 55.5 Å². The number of nitrogens with zero attached hydrogens (tertiary/aromatic N) is 1. The lowest BCUT2D eigenvalue weighted by Crippen LogP contribution is -2.12. The third kappa shape index (κ3) is 4.89. The first-order chi connectivity index (χ1) is 15.3. The minimum atomic E-state index is -0.974. The molecule has 32 heavy (non-hydrogen) atoms. The molecule has 3 aromatic carbocycles. The number of benzene rings is 3. The zero-order valence-corrected chi connectivity index (χ0v) is 17.2. The Bertz CT molecular complexity index is 1160. The molecule has 0 N–H and O–H groups in total. The molecule has 0 atom stereocenters. The molecule has 8 nitrogen and oxygen atoms in total. The van der Waals surface area contributed by atoms with Crippen LogP contribution in [0, 0.1) is 15.9 Å². The first-order valence-electron chi connectivity index (χ1n) is 9.45. The molecule has 0 spiro atoms. The Morgan fingerprint density at radius 1 is 0.969 bits per heavy atom. The van der Waals surface area contributed by atoms with Gasteiger partial charge in [-0.3, -0.25) is 14.9 Å². The van der Waals surface area contributed by atoms with E-state index in [4.69, 9.17) is 14.2 Å². The molecular formula is C23H18FNO7. The average molecular weight is 439 g/mol. The highest BCUT2D eigenvalue weighted by Crippen LogP contribution is 2.35. The van der Waals surface area contributed by atoms with Crippen molar-refractivity contribution in [3.63, 3.8) is 0 Å². The van der Waals surface area contributed by atoms with Crippen molar-refractivity contribution in [3.05, 3.63) is 93.3 Å². The second kappa shape index (κ2) is 9.69. The van der Waals surface area contributed by atoms with E-state index < -0.39 is 22.4 Å². The van der Waals surface area contributed by atoms with Gasteiger partial charge < -0.3 is 14.2 Å². The van der Waals surface area contributed by atoms with Crippen LogP contribution in [-0.2, 0) is 0 Å². The van der Waals surface area contributed by atoms with Gasteiger partial charge in [0.1, 0.15) is 17.1 Å². The largest absolute Gasteiger partial charge is 0.493 e. The summed E-state index contributed by atoms with van der Waals surface area (Å²) >= 11 is 0. The summed E-state index contributed by atoms with van der Waals surface area (Å²) in [7, 11) is 1.33. The molecule has 3 rings (SSSR count). The van der Waals surface area contributed by atoms with Crippen LogP contribution >= 0.6 is 0 Å². The zero-order chi connectivity index (χ0) is 23.3. The van der Waals surface area contributed by atoms with E-state index in [1.807, 2.05) is 0 Å². The first-order valence-corrected chi connectivity index (χ1v) is 9.45. The molecule has 9 heteroatoms. The van der Waals surface area contributed by atoms with Crippen molar-refractivity contribution in [2.75, 3.05) is 13.7 Å². The fourth-order valence-corrected chi connectivity index (χ4v) is 2.90. The predicted molar refractivity (Wildman–Crippen MR) is 112 cm³/mol. The molecule has 3 aromatic rings. The lowest BCUT2D eigenvalue weighted by atomic mass is 10.0. The molecule has 0 unspecified atom stereocenters. The Kier molecular flexibility index (Phi) is 6.79. The zero-order valence-electron chi connectivity index (χ0n) is 17.2. The number of carbonyl (C=O) groups excluding carboxylic acids is 2. The predicted octanol–water partition coefficient (Wildman–Crippen LogP) is 4.59. The molecule has 0 aliphatic rings. The first kappa shape index (κ1) is 22.4. The van der Waals surface area contributed by atoms with Gasteiger partial charge in [0, 0.05) is 17.2 Å². The van der Waals surface area contributed by atoms with Crippen molar-refractivity contribution in [1.82, 2.24) is 0 Å². The topological polar surface area (TPSA) is 105 Å². The number of nitro benzene ring substituents is 1. The summed E-state index contributed by atoms with van der Waals surface area (Å²) in [5.41, 5.74) is -0.219. The van der Waals surface area contributed by atoms with Crippen molar-refractivity contribution in [2.45, 2.75) is 6.92 Å². The molecule has 0 fully saturated rings. The van der Waals surface area contributed by atoms with E-state index in [0.717, 1.165) is 6.07 Å². The van der Waals surface area contributed by atoms with E-state index in [1.54, 1.807) is 6.92 Å². The fourth-order valence-electron chi connectivity index (χ4n) is 2.90. The minimum Gasteiger partial charge on any atom is -0.493 e. The van der Waals surface area contributed by atoms with Crippen molar-refractivity contribution < 1.29 is 33.1 Å². The Balaban J connectivity index is 1.84. The number of carbonyl (C=O) groups is 2. The SMILES string of the molecule is CCOc1cc(C(=O)Oc2ccc(C(=O)c3ccc(F)cc3)cc2)c([N+](=O)[O-])cc1OC. The number of esters is 1. The number of hydrogen-bond acceptors (Lipinski definition) is 7. The maximum atomic E-state index is 13.0. The lowest BCUT2D eigenvalue weighted by molar-refractivity contribution is -0.385. The second-order valence-electron chi connectivity index (χ2n) is 6.46. The highest BCUT2D eigenvalue weighted by atomic mass is 19.1. The summed E-state index contributed by atoms with van der Waals surface area (Å²) < 4.78 is 28.8. The number of methoxy groups -OCH3 is 1. The van der Waals surface area contributed by atoms with Crippen LogP contribution in [0.15, 0.2) is 60.7 Å². The summed E-state index contributed by atoms with van der Waals surface area (Å²) in [6.07, 6.45) is 0. The maximum Gasteiger partial charge on any atom is 0.350 e. The van der Waals surface area contributed by atoms with Crippen molar-refractivity contribution in [2.24, 2.45) is 0 Å². The van der Waals surface area contributed by atoms with Gasteiger partial charge in [0.05, 0.1) is 24.7 Å². The van der Waals surface area contributed by atoms with Crippen LogP contribution < -0.4 is 14.2 Å². The normalized spacial score (nSPS) is 10.3. The Morgan fingerprint density at radius 2 is 1.56 bits per heavy atom. The number of rotatable bonds is 8. The van der Waals surface area contributed by atoms with E-state index in [0.29, 0.717) is 11.1 Å². The van der Waals surface area contributed by atoms with Crippen LogP contribution in [0.25, 0.3) is 0 Å². The molecule has 0 saturated heterocycles. The van der Waals surface area contributed by atoms with Gasteiger partial charge in [0.15, 0.2) is 17.3 Å². The maximum absolute atomic E-state index is 13.0. The number of ketones is 1. The molecule has 0 bridgehead atoms. The van der Waals surface area contributed by atoms with E-state index in [-0.39, 0.29) is 35.2 Å². The van der Waals surface area contributed by atoms with Crippen LogP contribution in [0.5, 0.6) is 17.2 Å².